The van der Waals surface area contributed by atoms with Crippen LogP contribution in [0.1, 0.15) is 20.8 Å². The lowest BCUT2D eigenvalue weighted by Crippen LogP contribution is -2.39. The second-order valence-corrected chi connectivity index (χ2v) is 8.51. The highest BCUT2D eigenvalue weighted by Crippen LogP contribution is 2.37. The second-order valence-electron chi connectivity index (χ2n) is 6.25. The van der Waals surface area contributed by atoms with Gasteiger partial charge in [0.2, 0.25) is 0 Å². The first-order chi connectivity index (χ1) is 9.48. The Kier molecular flexibility index (Phi) is 4.96. The maximum absolute atomic E-state index is 6.44. The van der Waals surface area contributed by atoms with Crippen LogP contribution < -0.4 is 16.3 Å². The lowest BCUT2D eigenvalue weighted by Gasteiger charge is -2.31. The fraction of sp³-hybridized carbons (Fsp3) is 0.333. The summed E-state index contributed by atoms with van der Waals surface area (Å²) in [4.78, 5) is 0. The van der Waals surface area contributed by atoms with Gasteiger partial charge in [-0.15, -0.1) is 0 Å². The highest BCUT2D eigenvalue weighted by atomic mass is 31.1. The maximum Gasteiger partial charge on any atom is 0.0133 e. The Hall–Kier alpha value is -1.17. The number of nitrogens with two attached hydrogens (primary N) is 1. The van der Waals surface area contributed by atoms with Gasteiger partial charge in [0.15, 0.2) is 0 Å². The molecule has 0 aliphatic heterocycles. The lowest BCUT2D eigenvalue weighted by molar-refractivity contribution is 0.343. The summed E-state index contributed by atoms with van der Waals surface area (Å²) in [5, 5.41) is 2.82. The topological polar surface area (TPSA) is 26.0 Å². The molecule has 0 radical (unpaired) electrons. The van der Waals surface area contributed by atoms with E-state index < -0.39 is 0 Å². The molecule has 106 valence electrons. The van der Waals surface area contributed by atoms with Crippen molar-refractivity contribution in [2.24, 2.45) is 11.1 Å². The van der Waals surface area contributed by atoms with Gasteiger partial charge in [0.25, 0.3) is 0 Å². The monoisotopic (exact) mass is 285 g/mol. The summed E-state index contributed by atoms with van der Waals surface area (Å²) in [5.41, 5.74) is 6.59. The van der Waals surface area contributed by atoms with E-state index in [1.54, 1.807) is 0 Å². The molecular formula is C18H24NP. The molecule has 0 bridgehead atoms. The van der Waals surface area contributed by atoms with E-state index in [2.05, 4.69) is 81.4 Å². The summed E-state index contributed by atoms with van der Waals surface area (Å²) in [6.07, 6.45) is 1.03. The van der Waals surface area contributed by atoms with Gasteiger partial charge in [0, 0.05) is 6.04 Å². The predicted octanol–water partition coefficient (Wildman–Crippen LogP) is 3.49. The molecule has 0 aromatic heterocycles. The maximum atomic E-state index is 6.44. The van der Waals surface area contributed by atoms with Gasteiger partial charge in [-0.05, 0) is 30.1 Å². The number of benzene rings is 2. The van der Waals surface area contributed by atoms with E-state index in [0.717, 1.165) is 6.16 Å². The molecule has 0 amide bonds. The third-order valence-corrected chi connectivity index (χ3v) is 6.23. The Balaban J connectivity index is 2.31. The van der Waals surface area contributed by atoms with E-state index in [9.17, 15) is 0 Å². The van der Waals surface area contributed by atoms with Crippen molar-refractivity contribution in [3.05, 3.63) is 60.7 Å². The molecule has 1 nitrogen and oxygen atoms in total. The van der Waals surface area contributed by atoms with Crippen LogP contribution in [0.5, 0.6) is 0 Å². The van der Waals surface area contributed by atoms with Crippen LogP contribution in [0.25, 0.3) is 0 Å². The predicted molar refractivity (Wildman–Crippen MR) is 91.4 cm³/mol. The molecule has 0 heterocycles. The van der Waals surface area contributed by atoms with Crippen molar-refractivity contribution in [1.82, 2.24) is 0 Å². The summed E-state index contributed by atoms with van der Waals surface area (Å²) >= 11 is 0. The molecule has 0 aliphatic carbocycles. The van der Waals surface area contributed by atoms with Crippen molar-refractivity contribution >= 4 is 18.5 Å². The van der Waals surface area contributed by atoms with Gasteiger partial charge in [-0.3, -0.25) is 0 Å². The van der Waals surface area contributed by atoms with E-state index in [-0.39, 0.29) is 19.4 Å². The van der Waals surface area contributed by atoms with E-state index >= 15 is 0 Å². The highest BCUT2D eigenvalue weighted by molar-refractivity contribution is 7.73. The Morgan fingerprint density at radius 2 is 1.25 bits per heavy atom. The molecule has 0 unspecified atom stereocenters. The van der Waals surface area contributed by atoms with Crippen LogP contribution in [0.3, 0.4) is 0 Å². The minimum atomic E-state index is -0.380. The average molecular weight is 285 g/mol. The largest absolute Gasteiger partial charge is 0.327 e. The van der Waals surface area contributed by atoms with Crippen molar-refractivity contribution in [3.63, 3.8) is 0 Å². The molecule has 0 spiro atoms. The molecule has 20 heavy (non-hydrogen) atoms. The van der Waals surface area contributed by atoms with Crippen molar-refractivity contribution in [1.29, 1.82) is 0 Å². The van der Waals surface area contributed by atoms with Crippen LogP contribution in [0.15, 0.2) is 60.7 Å². The normalized spacial score (nSPS) is 13.4. The van der Waals surface area contributed by atoms with Crippen molar-refractivity contribution in [2.45, 2.75) is 26.8 Å². The summed E-state index contributed by atoms with van der Waals surface area (Å²) < 4.78 is 0. The third-order valence-electron chi connectivity index (χ3n) is 3.63. The van der Waals surface area contributed by atoms with E-state index in [0.29, 0.717) is 0 Å². The number of hydrogen-bond donors (Lipinski definition) is 1. The first-order valence-electron chi connectivity index (χ1n) is 7.12. The van der Waals surface area contributed by atoms with Crippen LogP contribution in [0.4, 0.5) is 0 Å². The van der Waals surface area contributed by atoms with Gasteiger partial charge in [0.05, 0.1) is 0 Å². The Bertz CT molecular complexity index is 477. The van der Waals surface area contributed by atoms with Crippen LogP contribution >= 0.6 is 7.92 Å². The molecule has 2 aromatic carbocycles. The van der Waals surface area contributed by atoms with Gasteiger partial charge in [-0.25, -0.2) is 0 Å². The third kappa shape index (κ3) is 3.91. The quantitative estimate of drug-likeness (QED) is 0.855. The van der Waals surface area contributed by atoms with Crippen molar-refractivity contribution in [3.8, 4) is 0 Å². The number of hydrogen-bond acceptors (Lipinski definition) is 1. The van der Waals surface area contributed by atoms with E-state index in [4.69, 9.17) is 5.73 Å². The SMILES string of the molecule is CC(C)(C)[C@@H](N)CP(c1ccccc1)c1ccccc1. The van der Waals surface area contributed by atoms with Gasteiger partial charge in [-0.2, -0.15) is 0 Å². The first-order valence-corrected chi connectivity index (χ1v) is 8.64. The molecule has 1 atom stereocenters. The fourth-order valence-electron chi connectivity index (χ4n) is 2.05. The molecule has 0 aliphatic rings. The summed E-state index contributed by atoms with van der Waals surface area (Å²) in [6.45, 7) is 6.67. The lowest BCUT2D eigenvalue weighted by atomic mass is 9.89. The number of rotatable bonds is 4. The zero-order chi connectivity index (χ0) is 14.6. The van der Waals surface area contributed by atoms with Crippen LogP contribution in [0, 0.1) is 5.41 Å². The molecule has 0 saturated heterocycles. The summed E-state index contributed by atoms with van der Waals surface area (Å²) in [5.74, 6) is 0. The molecular weight excluding hydrogens is 261 g/mol. The van der Waals surface area contributed by atoms with Crippen LogP contribution in [0.2, 0.25) is 0 Å². The second kappa shape index (κ2) is 6.52. The first kappa shape index (κ1) is 15.2. The average Bonchev–Trinajstić information content (AvgIpc) is 2.45. The Labute approximate surface area is 124 Å². The minimum absolute atomic E-state index is 0.143. The highest BCUT2D eigenvalue weighted by Gasteiger charge is 2.25. The zero-order valence-electron chi connectivity index (χ0n) is 12.6. The van der Waals surface area contributed by atoms with Gasteiger partial charge < -0.3 is 5.73 Å². The van der Waals surface area contributed by atoms with E-state index in [1.165, 1.54) is 10.6 Å². The Morgan fingerprint density at radius 3 is 1.60 bits per heavy atom. The Morgan fingerprint density at radius 1 is 0.850 bits per heavy atom. The molecule has 0 fully saturated rings. The molecule has 2 rings (SSSR count). The zero-order valence-corrected chi connectivity index (χ0v) is 13.5. The smallest absolute Gasteiger partial charge is 0.0133 e. The molecule has 2 aromatic rings. The van der Waals surface area contributed by atoms with E-state index in [1.807, 2.05) is 0 Å². The van der Waals surface area contributed by atoms with Crippen LogP contribution in [-0.4, -0.2) is 12.2 Å². The molecule has 2 heteroatoms. The van der Waals surface area contributed by atoms with Crippen molar-refractivity contribution in [2.75, 3.05) is 6.16 Å². The van der Waals surface area contributed by atoms with Crippen molar-refractivity contribution < 1.29 is 0 Å². The van der Waals surface area contributed by atoms with Gasteiger partial charge >= 0.3 is 0 Å². The van der Waals surface area contributed by atoms with Crippen LogP contribution in [-0.2, 0) is 0 Å². The summed E-state index contributed by atoms with van der Waals surface area (Å²) in [7, 11) is -0.380. The molecule has 0 saturated carbocycles. The summed E-state index contributed by atoms with van der Waals surface area (Å²) in [6, 6.07) is 21.8. The van der Waals surface area contributed by atoms with Gasteiger partial charge in [-0.1, -0.05) is 81.4 Å². The minimum Gasteiger partial charge on any atom is -0.327 e. The van der Waals surface area contributed by atoms with Gasteiger partial charge in [0.1, 0.15) is 0 Å². The molecule has 2 N–H and O–H groups in total. The fourth-order valence-corrected chi connectivity index (χ4v) is 4.77. The standard InChI is InChI=1S/C18H24NP/c1-18(2,3)17(19)14-20(15-10-6-4-7-11-15)16-12-8-5-9-13-16/h4-13,17H,14,19H2,1-3H3/t17-/m0/s1.